The summed E-state index contributed by atoms with van der Waals surface area (Å²) in [4.78, 5) is 16.8. The maximum Gasteiger partial charge on any atom is 0.251 e. The predicted molar refractivity (Wildman–Crippen MR) is 127 cm³/mol. The van der Waals surface area contributed by atoms with E-state index in [4.69, 9.17) is 4.74 Å². The van der Waals surface area contributed by atoms with Crippen LogP contribution >= 0.6 is 0 Å². The van der Waals surface area contributed by atoms with E-state index in [1.165, 1.54) is 0 Å². The molecule has 6 heteroatoms. The van der Waals surface area contributed by atoms with Crippen LogP contribution in [0.3, 0.4) is 0 Å². The van der Waals surface area contributed by atoms with Crippen molar-refractivity contribution in [3.63, 3.8) is 0 Å². The fraction of sp³-hybridized carbons (Fsp3) is 0.500. The van der Waals surface area contributed by atoms with Gasteiger partial charge in [-0.25, -0.2) is 4.39 Å². The number of likely N-dealkylation sites (N-methyl/N-ethyl adjacent to an activating group) is 1. The summed E-state index contributed by atoms with van der Waals surface area (Å²) in [5, 5.41) is 2.63. The molecule has 0 radical (unpaired) electrons. The van der Waals surface area contributed by atoms with Crippen LogP contribution in [-0.4, -0.2) is 61.5 Å². The van der Waals surface area contributed by atoms with Gasteiger partial charge in [-0.2, -0.15) is 0 Å². The second-order valence-corrected chi connectivity index (χ2v) is 8.74. The topological polar surface area (TPSA) is 44.8 Å². The molecule has 2 aromatic carbocycles. The lowest BCUT2D eigenvalue weighted by molar-refractivity contribution is 0.0147. The average molecular weight is 442 g/mol. The molecule has 0 bridgehead atoms. The van der Waals surface area contributed by atoms with Crippen molar-refractivity contribution >= 4 is 5.91 Å². The number of hydrogen-bond acceptors (Lipinski definition) is 4. The largest absolute Gasteiger partial charge is 0.484 e. The number of amides is 1. The van der Waals surface area contributed by atoms with Gasteiger partial charge in [0.1, 0.15) is 17.7 Å². The minimum atomic E-state index is -0.314. The van der Waals surface area contributed by atoms with E-state index < -0.39 is 0 Å². The Morgan fingerprint density at radius 1 is 1.12 bits per heavy atom. The molecule has 1 saturated heterocycles. The summed E-state index contributed by atoms with van der Waals surface area (Å²) < 4.78 is 20.8. The lowest BCUT2D eigenvalue weighted by Gasteiger charge is -2.45. The van der Waals surface area contributed by atoms with Crippen LogP contribution in [0.1, 0.15) is 54.3 Å². The molecule has 1 aliphatic heterocycles. The third-order valence-corrected chi connectivity index (χ3v) is 6.62. The summed E-state index contributed by atoms with van der Waals surface area (Å²) >= 11 is 0. The summed E-state index contributed by atoms with van der Waals surface area (Å²) in [5.41, 5.74) is 2.03. The number of hydrogen-bond donors (Lipinski definition) is 1. The van der Waals surface area contributed by atoms with Gasteiger partial charge in [-0.15, -0.1) is 0 Å². The molecule has 0 unspecified atom stereocenters. The number of ether oxygens (including phenoxy) is 1. The van der Waals surface area contributed by atoms with Gasteiger partial charge in [0.2, 0.25) is 0 Å². The number of benzene rings is 2. The zero-order valence-electron chi connectivity index (χ0n) is 19.9. The molecule has 1 heterocycles. The molecular weight excluding hydrogens is 405 g/mol. The van der Waals surface area contributed by atoms with Crippen LogP contribution < -0.4 is 10.1 Å². The maximum absolute atomic E-state index is 14.4. The Hall–Kier alpha value is -2.44. The number of nitrogens with zero attached hydrogens (tertiary/aromatic N) is 2. The number of nitrogens with one attached hydrogen (secondary N) is 1. The molecule has 3 atom stereocenters. The molecule has 5 nitrogen and oxygen atoms in total. The van der Waals surface area contributed by atoms with Gasteiger partial charge < -0.3 is 15.0 Å². The van der Waals surface area contributed by atoms with E-state index >= 15 is 0 Å². The number of halogens is 1. The van der Waals surface area contributed by atoms with Crippen LogP contribution in [0.25, 0.3) is 0 Å². The van der Waals surface area contributed by atoms with Crippen molar-refractivity contribution in [2.75, 3.05) is 33.7 Å². The summed E-state index contributed by atoms with van der Waals surface area (Å²) in [6.45, 7) is 8.88. The molecular formula is C26H36FN3O2. The predicted octanol–water partition coefficient (Wildman–Crippen LogP) is 4.42. The van der Waals surface area contributed by atoms with E-state index in [0.29, 0.717) is 35.5 Å². The van der Waals surface area contributed by atoms with Gasteiger partial charge in [0.25, 0.3) is 5.91 Å². The Labute approximate surface area is 191 Å². The lowest BCUT2D eigenvalue weighted by Crippen LogP contribution is -2.57. The molecule has 1 N–H and O–H groups in total. The Morgan fingerprint density at radius 3 is 2.41 bits per heavy atom. The van der Waals surface area contributed by atoms with E-state index in [1.54, 1.807) is 44.3 Å². The van der Waals surface area contributed by atoms with Crippen molar-refractivity contribution in [2.45, 2.75) is 51.8 Å². The number of carbonyl (C=O) groups excluding carboxylic acids is 1. The molecule has 2 aromatic rings. The van der Waals surface area contributed by atoms with Crippen molar-refractivity contribution in [1.82, 2.24) is 15.1 Å². The van der Waals surface area contributed by atoms with E-state index in [9.17, 15) is 9.18 Å². The van der Waals surface area contributed by atoms with Gasteiger partial charge >= 0.3 is 0 Å². The zero-order chi connectivity index (χ0) is 23.3. The Morgan fingerprint density at radius 2 is 1.81 bits per heavy atom. The number of aryl methyl sites for hydroxylation is 1. The number of piperazine rings is 1. The van der Waals surface area contributed by atoms with Crippen molar-refractivity contribution in [1.29, 1.82) is 0 Å². The van der Waals surface area contributed by atoms with Crippen LogP contribution in [0.5, 0.6) is 5.75 Å². The quantitative estimate of drug-likeness (QED) is 0.659. The van der Waals surface area contributed by atoms with E-state index in [1.807, 2.05) is 12.1 Å². The summed E-state index contributed by atoms with van der Waals surface area (Å²) in [7, 11) is 3.81. The number of rotatable bonds is 8. The summed E-state index contributed by atoms with van der Waals surface area (Å²) in [6.07, 6.45) is 1.83. The van der Waals surface area contributed by atoms with Gasteiger partial charge in [-0.05, 0) is 68.3 Å². The first kappa shape index (κ1) is 24.2. The highest BCUT2D eigenvalue weighted by atomic mass is 19.1. The molecule has 0 aliphatic carbocycles. The minimum absolute atomic E-state index is 0.137. The molecule has 174 valence electrons. The zero-order valence-corrected chi connectivity index (χ0v) is 19.9. The van der Waals surface area contributed by atoms with Gasteiger partial charge in [-0.1, -0.05) is 26.0 Å². The fourth-order valence-corrected chi connectivity index (χ4v) is 4.43. The van der Waals surface area contributed by atoms with Gasteiger partial charge in [0, 0.05) is 44.3 Å². The summed E-state index contributed by atoms with van der Waals surface area (Å²) in [6, 6.07) is 13.4. The summed E-state index contributed by atoms with van der Waals surface area (Å²) in [5.74, 6) is 0.309. The first-order valence-corrected chi connectivity index (χ1v) is 11.5. The van der Waals surface area contributed by atoms with Gasteiger partial charge in [0.15, 0.2) is 0 Å². The van der Waals surface area contributed by atoms with Crippen LogP contribution in [-0.2, 0) is 0 Å². The molecule has 0 spiro atoms. The highest BCUT2D eigenvalue weighted by Gasteiger charge is 2.32. The SMILES string of the molecule is CC[C@H]1CN(C[C@@H](Oc2ccc(C(=O)NC)cc2)c2ccc(C)c(F)c2)[C@H](CC)CN1C. The monoisotopic (exact) mass is 441 g/mol. The second kappa shape index (κ2) is 10.9. The second-order valence-electron chi connectivity index (χ2n) is 8.74. The highest BCUT2D eigenvalue weighted by Crippen LogP contribution is 2.28. The first-order chi connectivity index (χ1) is 15.4. The third-order valence-electron chi connectivity index (χ3n) is 6.62. The molecule has 32 heavy (non-hydrogen) atoms. The molecule has 3 rings (SSSR count). The highest BCUT2D eigenvalue weighted by molar-refractivity contribution is 5.94. The third kappa shape index (κ3) is 5.67. The van der Waals surface area contributed by atoms with E-state index in [0.717, 1.165) is 31.5 Å². The maximum atomic E-state index is 14.4. The van der Waals surface area contributed by atoms with E-state index in [-0.39, 0.29) is 17.8 Å². The molecule has 1 amide bonds. The van der Waals surface area contributed by atoms with Gasteiger partial charge in [0.05, 0.1) is 0 Å². The smallest absolute Gasteiger partial charge is 0.251 e. The van der Waals surface area contributed by atoms with Crippen molar-refractivity contribution in [3.8, 4) is 5.75 Å². The van der Waals surface area contributed by atoms with Crippen molar-refractivity contribution in [2.24, 2.45) is 0 Å². The van der Waals surface area contributed by atoms with Crippen molar-refractivity contribution in [3.05, 3.63) is 65.0 Å². The lowest BCUT2D eigenvalue weighted by atomic mass is 10.0. The molecule has 0 aromatic heterocycles. The Balaban J connectivity index is 1.86. The van der Waals surface area contributed by atoms with Crippen LogP contribution in [0.4, 0.5) is 4.39 Å². The molecule has 1 fully saturated rings. The molecule has 1 aliphatic rings. The normalized spacial score (nSPS) is 20.7. The fourth-order valence-electron chi connectivity index (χ4n) is 4.43. The first-order valence-electron chi connectivity index (χ1n) is 11.5. The Kier molecular flexibility index (Phi) is 8.26. The van der Waals surface area contributed by atoms with Crippen molar-refractivity contribution < 1.29 is 13.9 Å². The van der Waals surface area contributed by atoms with E-state index in [2.05, 4.69) is 36.0 Å². The Bertz CT molecular complexity index is 902. The average Bonchev–Trinajstić information content (AvgIpc) is 2.81. The van der Waals surface area contributed by atoms with Crippen LogP contribution in [0.2, 0.25) is 0 Å². The molecule has 0 saturated carbocycles. The number of carbonyl (C=O) groups is 1. The van der Waals surface area contributed by atoms with Gasteiger partial charge in [-0.3, -0.25) is 9.69 Å². The van der Waals surface area contributed by atoms with Crippen LogP contribution in [0, 0.1) is 12.7 Å². The standard InChI is InChI=1S/C26H36FN3O2/c1-6-21-16-30(22(7-2)15-29(21)5)17-25(20-9-8-18(3)24(27)14-20)32-23-12-10-19(11-13-23)26(31)28-4/h8-14,21-22,25H,6-7,15-17H2,1-5H3,(H,28,31)/t21-,22+,25+/m0/s1. The van der Waals surface area contributed by atoms with Crippen LogP contribution in [0.15, 0.2) is 42.5 Å². The minimum Gasteiger partial charge on any atom is -0.484 e.